The summed E-state index contributed by atoms with van der Waals surface area (Å²) in [6.07, 6.45) is 23.1. The van der Waals surface area contributed by atoms with E-state index in [1.807, 2.05) is 35.4 Å². The van der Waals surface area contributed by atoms with Crippen LogP contribution in [0.4, 0.5) is 46.0 Å². The highest BCUT2D eigenvalue weighted by atomic mass is 35.5. The van der Waals surface area contributed by atoms with E-state index in [4.69, 9.17) is 79.3 Å². The Balaban J connectivity index is 0.000000749. The molecule has 3 aromatic carbocycles. The summed E-state index contributed by atoms with van der Waals surface area (Å²) in [5.74, 6) is 1.84. The number of methoxy groups -OCH3 is 1. The Hall–Kier alpha value is -9.05. The van der Waals surface area contributed by atoms with Crippen molar-refractivity contribution >= 4 is 192 Å². The maximum absolute atomic E-state index is 10.7. The lowest BCUT2D eigenvalue weighted by atomic mass is 9.88. The van der Waals surface area contributed by atoms with Crippen LogP contribution in [0.1, 0.15) is 142 Å². The third kappa shape index (κ3) is 75.6. The maximum atomic E-state index is 10.7. The second-order valence-corrected chi connectivity index (χ2v) is 46.3. The highest BCUT2D eigenvalue weighted by molar-refractivity contribution is 7.92. The monoisotopic (exact) mass is 2210 g/mol. The van der Waals surface area contributed by atoms with Gasteiger partial charge in [-0.1, -0.05) is 145 Å². The number of benzene rings is 3. The quantitative estimate of drug-likeness (QED) is 0.0362. The van der Waals surface area contributed by atoms with Crippen molar-refractivity contribution in [2.45, 2.75) is 160 Å². The Bertz CT molecular complexity index is 6280. The van der Waals surface area contributed by atoms with Crippen molar-refractivity contribution in [3.05, 3.63) is 204 Å². The lowest BCUT2D eigenvalue weighted by Crippen LogP contribution is -2.42. The van der Waals surface area contributed by atoms with E-state index in [1.54, 1.807) is 122 Å². The van der Waals surface area contributed by atoms with Crippen molar-refractivity contribution in [2.75, 3.05) is 44.9 Å². The van der Waals surface area contributed by atoms with Crippen LogP contribution in [0.25, 0.3) is 0 Å². The molecule has 12 rings (SSSR count). The number of nitrogens with one attached hydrogen (secondary N) is 12. The summed E-state index contributed by atoms with van der Waals surface area (Å²) in [6.45, 7) is 10.2. The third-order valence-electron chi connectivity index (χ3n) is 15.9. The number of pyridine rings is 5. The molecule has 0 atom stereocenters. The van der Waals surface area contributed by atoms with Gasteiger partial charge in [0.1, 0.15) is 29.0 Å². The van der Waals surface area contributed by atoms with Gasteiger partial charge in [0.25, 0.3) is 123 Å². The second-order valence-electron chi connectivity index (χ2n) is 29.8. The molecule has 0 amide bonds. The number of rotatable bonds is 26. The van der Waals surface area contributed by atoms with Crippen molar-refractivity contribution in [2.24, 2.45) is 61.7 Å². The average Bonchev–Trinajstić information content (AvgIpc) is 1.82. The molecule has 5 heterocycles. The highest BCUT2D eigenvalue weighted by Crippen LogP contribution is 2.25. The van der Waals surface area contributed by atoms with Gasteiger partial charge >= 0.3 is 0 Å². The summed E-state index contributed by atoms with van der Waals surface area (Å²) in [4.78, 5) is 18.9. The van der Waals surface area contributed by atoms with Crippen LogP contribution < -0.4 is 123 Å². The van der Waals surface area contributed by atoms with Crippen molar-refractivity contribution in [3.8, 4) is 5.75 Å². The van der Waals surface area contributed by atoms with E-state index in [2.05, 4.69) is 103 Å². The van der Waals surface area contributed by atoms with Gasteiger partial charge in [-0.3, -0.25) is 42.8 Å². The van der Waals surface area contributed by atoms with Crippen molar-refractivity contribution in [1.82, 2.24) is 43.8 Å². The van der Waals surface area contributed by atoms with Gasteiger partial charge in [-0.05, 0) is 171 Å². The van der Waals surface area contributed by atoms with E-state index in [9.17, 15) is 101 Å². The molecule has 0 unspecified atom stereocenters. The van der Waals surface area contributed by atoms with Gasteiger partial charge in [0.05, 0.1) is 34.7 Å². The molecule has 0 aliphatic heterocycles. The Morgan fingerprint density at radius 3 is 0.956 bits per heavy atom. The predicted octanol–water partition coefficient (Wildman–Crippen LogP) is 1.24. The molecule has 8 aromatic rings. The molecule has 36 N–H and O–H groups in total. The van der Waals surface area contributed by atoms with Gasteiger partial charge in [0, 0.05) is 66.5 Å². The number of anilines is 8. The molecule has 5 aromatic heterocycles. The Kier molecular flexibility index (Phi) is 54.1. The number of para-hydroxylation sites is 2. The second kappa shape index (κ2) is 58.9. The van der Waals surface area contributed by atoms with E-state index < -0.39 is 123 Å². The fourth-order valence-electron chi connectivity index (χ4n) is 9.85. The number of nitrogens with two attached hydrogens (primary N) is 12. The van der Waals surface area contributed by atoms with Crippen LogP contribution in [-0.4, -0.2) is 157 Å². The van der Waals surface area contributed by atoms with Crippen LogP contribution in [0.15, 0.2) is 183 Å². The van der Waals surface area contributed by atoms with Gasteiger partial charge in [-0.15, -0.1) is 0 Å². The fourth-order valence-corrected chi connectivity index (χ4v) is 16.5. The van der Waals surface area contributed by atoms with Crippen molar-refractivity contribution in [3.63, 3.8) is 0 Å². The first-order valence-electron chi connectivity index (χ1n) is 39.0. The minimum absolute atomic E-state index is 0.00683. The van der Waals surface area contributed by atoms with Crippen LogP contribution >= 0.6 is 23.2 Å². The first kappa shape index (κ1) is 126. The third-order valence-corrected chi connectivity index (χ3v) is 23.1. The van der Waals surface area contributed by atoms with E-state index in [-0.39, 0.29) is 58.5 Å². The normalized spacial score (nSPS) is 14.2. The lowest BCUT2D eigenvalue weighted by Gasteiger charge is -2.24. The summed E-state index contributed by atoms with van der Waals surface area (Å²) in [6, 6.07) is 39.4. The minimum Gasteiger partial charge on any atom is -0.497 e. The highest BCUT2D eigenvalue weighted by Gasteiger charge is 2.25. The molecule has 54 nitrogen and oxygen atoms in total. The molecule has 0 saturated heterocycles. The first-order valence-corrected chi connectivity index (χ1v) is 58.3. The molecule has 0 spiro atoms. The lowest BCUT2D eigenvalue weighted by molar-refractivity contribution is 0.383. The van der Waals surface area contributed by atoms with Crippen molar-refractivity contribution < 1.29 is 106 Å². The van der Waals surface area contributed by atoms with Gasteiger partial charge < -0.3 is 4.74 Å². The standard InChI is InChI=1S/C9H15N3O2S.C8H13N3O2S.C7H10N2O3S.C6H7ClN2O2S.C6H14N2O2S.C6H8N2O2S.C5H6ClN3O2S.2C5H7N3O2S.C5H12N2O2S.C4H10N2O2S.C3H8N2O2S/c1-9(2,3)7-4-5-8(11-6-7)12-15(10,13)14;1-6(2)7-3-4-8(10-5-7)11-14(9,12)13;1-12-7-4-2-6(3-5-7)9-13(8,10)11;7-5-3-1-2-4-6(5)9-12(8,10)11;2*7-11(9,10)8-6-4-2-1-3-5-6;6-4-1-2-5(8-3-4)9-12(7,10)11;6-11(9,10)8-5-2-1-3-7-4-5;6-11(9,10)8-5-3-1-2-4-7-5;6-10(8,9)7-5-3-1-2-4-5;5-9(7,8)6-4-2-1-3-4;4-8(6,7)5-3-1-2-3/h4-6H,1-3H3,(H,11,12)(H2,10,13,14);3-6H,1-2H3,(H,10,11)(H2,9,12,13);2-5,9H,1H3,(H2,8,10,11);1-4,9H,(H2,8,10,11);6,8H,1-5H2,(H2,7,9,10);1-5,8H,(H2,7,9,10);1-3H,(H,8,9)(H2,7,10,11);1-4,8H,(H2,6,9,10);1-4H,(H,7,8)(H2,6,9,10);5,7H,1-4H2,(H2,6,8,9);4,6H,1-3H2,(H2,5,7,8);3,5H,1-2H2,(H2,4,6,7). The largest absolute Gasteiger partial charge is 0.497 e. The van der Waals surface area contributed by atoms with Gasteiger partial charge in [0.15, 0.2) is 0 Å². The Morgan fingerprint density at radius 2 is 0.657 bits per heavy atom. The summed E-state index contributed by atoms with van der Waals surface area (Å²) in [5.41, 5.74) is 3.58. The number of nitrogens with zero attached hydrogens (tertiary/aromatic N) is 5. The molecule has 774 valence electrons. The summed E-state index contributed by atoms with van der Waals surface area (Å²) >= 11 is 11.2. The Labute approximate surface area is 811 Å². The predicted molar refractivity (Wildman–Crippen MR) is 528 cm³/mol. The zero-order valence-electron chi connectivity index (χ0n) is 74.1. The fraction of sp³-hybridized carbons (Fsp3) is 0.377. The molecule has 0 radical (unpaired) electrons. The van der Waals surface area contributed by atoms with Crippen LogP contribution in [-0.2, 0) is 128 Å². The van der Waals surface area contributed by atoms with Crippen LogP contribution in [0.3, 0.4) is 0 Å². The molecular weight excluding hydrogens is 2090 g/mol. The number of hydrogen-bond acceptors (Lipinski definition) is 30. The molecule has 4 aliphatic carbocycles. The molecule has 4 saturated carbocycles. The van der Waals surface area contributed by atoms with Crippen LogP contribution in [0.5, 0.6) is 5.75 Å². The number of hydrogen-bond donors (Lipinski definition) is 24. The molecule has 137 heavy (non-hydrogen) atoms. The first-order chi connectivity index (χ1) is 62.6. The van der Waals surface area contributed by atoms with Gasteiger partial charge in [-0.2, -0.15) is 120 Å². The maximum Gasteiger partial charge on any atom is 0.297 e. The van der Waals surface area contributed by atoms with E-state index >= 15 is 0 Å². The van der Waals surface area contributed by atoms with Crippen LogP contribution in [0, 0.1) is 0 Å². The molecule has 4 aliphatic rings. The van der Waals surface area contributed by atoms with E-state index in [0.29, 0.717) is 38.8 Å². The van der Waals surface area contributed by atoms with Gasteiger partial charge in [-0.25, -0.2) is 81.6 Å². The van der Waals surface area contributed by atoms with Crippen molar-refractivity contribution in [1.29, 1.82) is 0 Å². The minimum atomic E-state index is -3.75. The molecule has 68 heteroatoms. The van der Waals surface area contributed by atoms with E-state index in [1.165, 1.54) is 62.6 Å². The molecular formula is C69H117Cl2N29O25S12. The smallest absolute Gasteiger partial charge is 0.297 e. The molecule has 0 bridgehead atoms. The zero-order valence-corrected chi connectivity index (χ0v) is 85.4. The summed E-state index contributed by atoms with van der Waals surface area (Å²) < 4.78 is 282. The summed E-state index contributed by atoms with van der Waals surface area (Å²) in [7, 11) is -41.9. The Morgan fingerprint density at radius 1 is 0.314 bits per heavy atom. The topological polar surface area (TPSA) is 940 Å². The molecule has 4 fully saturated rings. The van der Waals surface area contributed by atoms with Gasteiger partial charge in [0.2, 0.25) is 0 Å². The number of aromatic nitrogens is 5. The number of ether oxygens (including phenoxy) is 1. The van der Waals surface area contributed by atoms with E-state index in [0.717, 1.165) is 94.6 Å². The SMILES string of the molecule is CC(C)(C)c1ccc(NS(N)(=O)=O)nc1.CC(C)c1ccc(NS(N)(=O)=O)nc1.COc1ccc(NS(N)(=O)=O)cc1.NS(=O)(=O)NC1CC1.NS(=O)(=O)NC1CCC1.NS(=O)(=O)NC1CCCC1.NS(=O)(=O)NC1CCCCC1.NS(=O)(=O)Nc1ccc(Cl)cn1.NS(=O)(=O)Nc1ccccc1.NS(=O)(=O)Nc1ccccc1Cl.NS(=O)(=O)Nc1ccccn1.NS(=O)(=O)Nc1cccnc1. The summed E-state index contributed by atoms with van der Waals surface area (Å²) in [5, 5.41) is 57.6. The zero-order chi connectivity index (χ0) is 105. The van der Waals surface area contributed by atoms with Crippen LogP contribution in [0.2, 0.25) is 10.0 Å². The average molecular weight is 2210 g/mol. The number of halogens is 2.